The number of hydrogen-bond acceptors (Lipinski definition) is 14. The Bertz CT molecular complexity index is 2940. The van der Waals surface area contributed by atoms with Crippen LogP contribution in [0.25, 0.3) is 15.4 Å². The van der Waals surface area contributed by atoms with Crippen LogP contribution in [-0.4, -0.2) is 109 Å². The Morgan fingerprint density at radius 1 is 0.971 bits per heavy atom. The van der Waals surface area contributed by atoms with Crippen LogP contribution in [0.3, 0.4) is 0 Å². The van der Waals surface area contributed by atoms with E-state index in [4.69, 9.17) is 26.1 Å². The monoisotopic (exact) mass is 1010 g/mol. The van der Waals surface area contributed by atoms with E-state index < -0.39 is 42.0 Å². The van der Waals surface area contributed by atoms with Crippen molar-refractivity contribution in [1.82, 2.24) is 40.6 Å². The number of aromatic nitrogens is 4. The number of aryl methyl sites for hydroxylation is 3. The number of aliphatic hydroxyl groups excluding tert-OH is 2. The molecule has 1 saturated heterocycles. The predicted octanol–water partition coefficient (Wildman–Crippen LogP) is 6.61. The number of nitrogens with zero attached hydrogens (tertiary/aromatic N) is 6. The lowest BCUT2D eigenvalue weighted by molar-refractivity contribution is -0.138. The summed E-state index contributed by atoms with van der Waals surface area (Å²) >= 11 is 9.45. The van der Waals surface area contributed by atoms with Gasteiger partial charge in [0.25, 0.3) is 0 Å². The van der Waals surface area contributed by atoms with Gasteiger partial charge in [0.1, 0.15) is 59.2 Å². The van der Waals surface area contributed by atoms with Crippen molar-refractivity contribution in [2.45, 2.75) is 103 Å². The molecule has 1 aliphatic carbocycles. The molecule has 3 aromatic heterocycles. The molecule has 3 amide bonds. The number of aliphatic imine (C=N–C) groups is 1. The van der Waals surface area contributed by atoms with Crippen molar-refractivity contribution in [3.05, 3.63) is 128 Å². The minimum Gasteiger partial charge on any atom is -0.490 e. The zero-order chi connectivity index (χ0) is 49.4. The molecule has 70 heavy (non-hydrogen) atoms. The summed E-state index contributed by atoms with van der Waals surface area (Å²) < 4.78 is 28.5. The number of nitrogens with one attached hydrogen (secondary N) is 3. The normalized spacial score (nSPS) is 20.3. The predicted molar refractivity (Wildman–Crippen MR) is 264 cm³/mol. The molecule has 5 N–H and O–H groups in total. The molecule has 366 valence electrons. The molecule has 3 aliphatic rings. The number of hydrogen-bond donors (Lipinski definition) is 5. The fraction of sp³-hybridized carbons (Fsp3) is 0.380. The van der Waals surface area contributed by atoms with E-state index in [0.717, 1.165) is 60.0 Å². The number of benzene rings is 3. The lowest BCUT2D eigenvalue weighted by Crippen LogP contribution is -2.50. The van der Waals surface area contributed by atoms with Crippen molar-refractivity contribution >= 4 is 57.7 Å². The number of halogens is 2. The Balaban J connectivity index is 0.740. The van der Waals surface area contributed by atoms with Crippen molar-refractivity contribution in [1.29, 1.82) is 0 Å². The Labute approximate surface area is 416 Å². The van der Waals surface area contributed by atoms with E-state index in [1.165, 1.54) is 17.0 Å². The molecule has 9 rings (SSSR count). The van der Waals surface area contributed by atoms with Gasteiger partial charge in [0.2, 0.25) is 17.7 Å². The van der Waals surface area contributed by atoms with Gasteiger partial charge in [0.05, 0.1) is 46.9 Å². The molecular weight excluding hydrogens is 957 g/mol. The Morgan fingerprint density at radius 2 is 1.70 bits per heavy atom. The van der Waals surface area contributed by atoms with Crippen LogP contribution in [0.1, 0.15) is 89.2 Å². The van der Waals surface area contributed by atoms with Crippen LogP contribution in [-0.2, 0) is 14.4 Å². The molecule has 1 unspecified atom stereocenters. The Morgan fingerprint density at radius 3 is 2.43 bits per heavy atom. The highest BCUT2D eigenvalue weighted by Crippen LogP contribution is 2.40. The third-order valence-corrected chi connectivity index (χ3v) is 15.3. The molecule has 6 aromatic rings. The van der Waals surface area contributed by atoms with Crippen molar-refractivity contribution in [3.8, 4) is 26.9 Å². The van der Waals surface area contributed by atoms with E-state index in [1.54, 1.807) is 28.2 Å². The summed E-state index contributed by atoms with van der Waals surface area (Å²) in [5.74, 6) is -0.123. The average molecular weight is 1010 g/mol. The number of likely N-dealkylation sites (tertiary alicyclic amines) is 1. The van der Waals surface area contributed by atoms with Gasteiger partial charge in [0.15, 0.2) is 5.82 Å². The Kier molecular flexibility index (Phi) is 14.5. The van der Waals surface area contributed by atoms with Crippen molar-refractivity contribution in [2.24, 2.45) is 4.99 Å². The second kappa shape index (κ2) is 20.7. The highest BCUT2D eigenvalue weighted by Gasteiger charge is 2.40. The van der Waals surface area contributed by atoms with Crippen LogP contribution >= 0.6 is 34.3 Å². The summed E-state index contributed by atoms with van der Waals surface area (Å²) in [4.78, 5) is 53.4. The van der Waals surface area contributed by atoms with Crippen LogP contribution in [0.15, 0.2) is 77.2 Å². The smallest absolute Gasteiger partial charge is 0.243 e. The molecule has 5 atom stereocenters. The zero-order valence-electron chi connectivity index (χ0n) is 39.1. The first-order valence-electron chi connectivity index (χ1n) is 23.0. The van der Waals surface area contributed by atoms with E-state index >= 15 is 0 Å². The number of carbonyl (C=O) groups is 3. The first kappa shape index (κ1) is 48.9. The summed E-state index contributed by atoms with van der Waals surface area (Å²) in [6.45, 7) is 9.12. The standard InChI is InChI=1S/C50H53ClFN9O7S2/c1-25-28(4)70-50-45(25)46(31-10-12-33(51)13-11-31)57-40(48-59-58-29(5)61(48)50)20-42(63)56-35-16-39(17-35)68-38-15-34(52)14-37(19-38)67-23-43(64)53-21-44(65)60-22-36(62)18-41(60)49(66)55-26(2)30-6-8-32(9-7-30)47-27(3)54-24-69-47/h6-15,19,24,26,35-36,39-41,43,53,62,64H,16-18,20-23H2,1-5H3,(H,55,66)(H,56,63)/t26-,35?,36+,39?,40-,41-,43?/m0/s1. The van der Waals surface area contributed by atoms with E-state index in [1.807, 2.05) is 73.9 Å². The molecule has 0 spiro atoms. The molecule has 1 saturated carbocycles. The second-order valence-corrected chi connectivity index (χ2v) is 20.5. The SMILES string of the molecule is Cc1ncsc1-c1ccc([C@H](C)NC(=O)[C@@H]2C[C@@H](O)CN2C(=O)CNC(O)COc2cc(F)cc(OC3CC(NC(=O)C[C@@H]4N=C(c5ccc(Cl)cc5)c5c(sc(C)c5C)-n5c(C)nnc54)C3)c2)cc1. The number of ether oxygens (including phenoxy) is 2. The van der Waals surface area contributed by atoms with Gasteiger partial charge < -0.3 is 35.2 Å². The Hall–Kier alpha value is -6.09. The van der Waals surface area contributed by atoms with Gasteiger partial charge in [0, 0.05) is 71.1 Å². The number of fused-ring (bicyclic) bond motifs is 3. The van der Waals surface area contributed by atoms with Crippen LogP contribution in [0, 0.1) is 33.5 Å². The van der Waals surface area contributed by atoms with Gasteiger partial charge >= 0.3 is 0 Å². The third kappa shape index (κ3) is 10.6. The van der Waals surface area contributed by atoms with Gasteiger partial charge in [-0.1, -0.05) is 48.0 Å². The fourth-order valence-corrected chi connectivity index (χ4v) is 11.2. The number of amides is 3. The molecule has 5 heterocycles. The molecule has 0 radical (unpaired) electrons. The number of carbonyl (C=O) groups excluding carboxylic acids is 3. The third-order valence-electron chi connectivity index (χ3n) is 12.9. The van der Waals surface area contributed by atoms with Crippen molar-refractivity contribution in [2.75, 3.05) is 19.7 Å². The van der Waals surface area contributed by atoms with E-state index in [0.29, 0.717) is 29.5 Å². The molecule has 16 nitrogen and oxygen atoms in total. The van der Waals surface area contributed by atoms with E-state index in [-0.39, 0.29) is 68.1 Å². The summed E-state index contributed by atoms with van der Waals surface area (Å²) in [5, 5.41) is 40.3. The highest BCUT2D eigenvalue weighted by atomic mass is 35.5. The zero-order valence-corrected chi connectivity index (χ0v) is 41.5. The molecule has 2 aliphatic heterocycles. The molecule has 0 bridgehead atoms. The number of thiazole rings is 1. The van der Waals surface area contributed by atoms with Crippen LogP contribution in [0.2, 0.25) is 5.02 Å². The largest absolute Gasteiger partial charge is 0.490 e. The lowest BCUT2D eigenvalue weighted by atomic mass is 9.89. The molecular formula is C50H53ClFN9O7S2. The summed E-state index contributed by atoms with van der Waals surface area (Å²) in [6.07, 6.45) is -1.44. The van der Waals surface area contributed by atoms with Gasteiger partial charge in [-0.05, 0) is 63.4 Å². The topological polar surface area (TPSA) is 205 Å². The van der Waals surface area contributed by atoms with E-state index in [2.05, 4.69) is 45.0 Å². The summed E-state index contributed by atoms with van der Waals surface area (Å²) in [7, 11) is 0. The maximum absolute atomic E-state index is 14.8. The summed E-state index contributed by atoms with van der Waals surface area (Å²) in [5.41, 5.74) is 8.37. The van der Waals surface area contributed by atoms with Gasteiger partial charge in [-0.25, -0.2) is 9.37 Å². The minimum atomic E-state index is -1.33. The van der Waals surface area contributed by atoms with Crippen LogP contribution in [0.5, 0.6) is 11.5 Å². The first-order valence-corrected chi connectivity index (χ1v) is 25.1. The van der Waals surface area contributed by atoms with Crippen LogP contribution < -0.4 is 25.4 Å². The summed E-state index contributed by atoms with van der Waals surface area (Å²) in [6, 6.07) is 17.2. The van der Waals surface area contributed by atoms with Crippen LogP contribution in [0.4, 0.5) is 4.39 Å². The quantitative estimate of drug-likeness (QED) is 0.0653. The number of thiophene rings is 1. The average Bonchev–Trinajstić information content (AvgIpc) is 4.09. The minimum absolute atomic E-state index is 0.0354. The van der Waals surface area contributed by atoms with Crippen molar-refractivity contribution in [3.63, 3.8) is 0 Å². The number of β-amino-alcohol motifs (C(OH)–C–C–N with tert-alkyl or cyclic N) is 1. The first-order chi connectivity index (χ1) is 33.6. The molecule has 3 aromatic carbocycles. The lowest BCUT2D eigenvalue weighted by Gasteiger charge is -2.36. The maximum atomic E-state index is 14.8. The molecule has 20 heteroatoms. The maximum Gasteiger partial charge on any atom is 0.243 e. The second-order valence-electron chi connectivity index (χ2n) is 18.0. The van der Waals surface area contributed by atoms with E-state index in [9.17, 15) is 29.0 Å². The van der Waals surface area contributed by atoms with Crippen molar-refractivity contribution < 1.29 is 38.5 Å². The van der Waals surface area contributed by atoms with Gasteiger partial charge in [-0.2, -0.15) is 0 Å². The van der Waals surface area contributed by atoms with Gasteiger partial charge in [-0.15, -0.1) is 32.9 Å². The fourth-order valence-electron chi connectivity index (χ4n) is 9.03. The molecule has 2 fully saturated rings. The number of rotatable bonds is 16. The number of aliphatic hydroxyl groups is 2. The van der Waals surface area contributed by atoms with Gasteiger partial charge in [-0.3, -0.25) is 29.3 Å². The highest BCUT2D eigenvalue weighted by molar-refractivity contribution is 7.15.